The second kappa shape index (κ2) is 5.20. The first-order chi connectivity index (χ1) is 10.3. The minimum atomic E-state index is 0.256. The molecule has 2 aliphatic heterocycles. The van der Waals surface area contributed by atoms with Gasteiger partial charge in [0, 0.05) is 10.8 Å². The van der Waals surface area contributed by atoms with Crippen LogP contribution in [0.15, 0.2) is 30.3 Å². The van der Waals surface area contributed by atoms with Crippen molar-refractivity contribution in [3.63, 3.8) is 0 Å². The smallest absolute Gasteiger partial charge is 0.127 e. The summed E-state index contributed by atoms with van der Waals surface area (Å²) in [6, 6.07) is 10.2. The lowest BCUT2D eigenvalue weighted by atomic mass is 10.0. The third kappa shape index (κ3) is 2.82. The highest BCUT2D eigenvalue weighted by molar-refractivity contribution is 5.95. The molecule has 0 bridgehead atoms. The Bertz CT molecular complexity index is 659. The van der Waals surface area contributed by atoms with Crippen molar-refractivity contribution in [1.29, 1.82) is 0 Å². The maximum atomic E-state index is 5.91. The van der Waals surface area contributed by atoms with Crippen molar-refractivity contribution in [2.45, 2.75) is 19.1 Å². The molecule has 2 saturated heterocycles. The number of epoxide rings is 2. The molecule has 21 heavy (non-hydrogen) atoms. The molecule has 0 N–H and O–H groups in total. The summed E-state index contributed by atoms with van der Waals surface area (Å²) in [5, 5.41) is 2.21. The fourth-order valence-electron chi connectivity index (χ4n) is 2.46. The van der Waals surface area contributed by atoms with Crippen molar-refractivity contribution in [1.82, 2.24) is 0 Å². The molecular formula is C17H18O4. The highest BCUT2D eigenvalue weighted by Gasteiger charge is 2.25. The number of ether oxygens (including phenoxy) is 4. The molecule has 2 aromatic rings. The Morgan fingerprint density at radius 1 is 0.952 bits per heavy atom. The van der Waals surface area contributed by atoms with Gasteiger partial charge in [-0.25, -0.2) is 0 Å². The van der Waals surface area contributed by atoms with Crippen molar-refractivity contribution in [3.8, 4) is 11.5 Å². The van der Waals surface area contributed by atoms with Gasteiger partial charge in [0.2, 0.25) is 0 Å². The summed E-state index contributed by atoms with van der Waals surface area (Å²) < 4.78 is 22.2. The monoisotopic (exact) mass is 286 g/mol. The van der Waals surface area contributed by atoms with Crippen molar-refractivity contribution in [2.75, 3.05) is 26.4 Å². The van der Waals surface area contributed by atoms with E-state index in [1.165, 1.54) is 5.56 Å². The van der Waals surface area contributed by atoms with Crippen LogP contribution < -0.4 is 9.47 Å². The van der Waals surface area contributed by atoms with E-state index in [4.69, 9.17) is 18.9 Å². The van der Waals surface area contributed by atoms with Gasteiger partial charge in [-0.05, 0) is 24.6 Å². The Kier molecular flexibility index (Phi) is 3.20. The zero-order valence-corrected chi connectivity index (χ0v) is 12.0. The van der Waals surface area contributed by atoms with Crippen LogP contribution in [0.4, 0.5) is 0 Å². The number of hydrogen-bond acceptors (Lipinski definition) is 4. The maximum absolute atomic E-state index is 5.91. The predicted octanol–water partition coefficient (Wildman–Crippen LogP) is 2.70. The largest absolute Gasteiger partial charge is 0.490 e. The molecule has 4 heteroatoms. The van der Waals surface area contributed by atoms with Gasteiger partial charge in [0.15, 0.2) is 0 Å². The molecule has 2 aliphatic rings. The molecule has 0 aromatic heterocycles. The van der Waals surface area contributed by atoms with Crippen LogP contribution in [0, 0.1) is 6.92 Å². The van der Waals surface area contributed by atoms with Gasteiger partial charge in [-0.2, -0.15) is 0 Å². The van der Waals surface area contributed by atoms with Crippen molar-refractivity contribution >= 4 is 10.8 Å². The normalized spacial score (nSPS) is 23.1. The minimum absolute atomic E-state index is 0.256. The second-order valence-corrected chi connectivity index (χ2v) is 5.59. The van der Waals surface area contributed by atoms with Gasteiger partial charge in [0.05, 0.1) is 13.2 Å². The Morgan fingerprint density at radius 3 is 2.24 bits per heavy atom. The van der Waals surface area contributed by atoms with Gasteiger partial charge in [-0.3, -0.25) is 0 Å². The molecular weight excluding hydrogens is 268 g/mol. The minimum Gasteiger partial charge on any atom is -0.490 e. The van der Waals surface area contributed by atoms with E-state index < -0.39 is 0 Å². The van der Waals surface area contributed by atoms with Crippen molar-refractivity contribution in [3.05, 3.63) is 35.9 Å². The van der Waals surface area contributed by atoms with Crippen molar-refractivity contribution in [2.24, 2.45) is 0 Å². The highest BCUT2D eigenvalue weighted by Crippen LogP contribution is 2.36. The van der Waals surface area contributed by atoms with Crippen molar-refractivity contribution < 1.29 is 18.9 Å². The summed E-state index contributed by atoms with van der Waals surface area (Å²) in [5.41, 5.74) is 1.19. The number of aryl methyl sites for hydroxylation is 1. The Labute approximate surface area is 123 Å². The van der Waals surface area contributed by atoms with Crippen LogP contribution in [0.1, 0.15) is 5.56 Å². The van der Waals surface area contributed by atoms with E-state index in [0.29, 0.717) is 13.2 Å². The molecule has 2 fully saturated rings. The quantitative estimate of drug-likeness (QED) is 0.766. The predicted molar refractivity (Wildman–Crippen MR) is 79.2 cm³/mol. The molecule has 0 radical (unpaired) electrons. The summed E-state index contributed by atoms with van der Waals surface area (Å²) >= 11 is 0. The first-order valence-electron chi connectivity index (χ1n) is 7.32. The molecule has 2 aromatic carbocycles. The molecule has 0 saturated carbocycles. The van der Waals surface area contributed by atoms with Gasteiger partial charge in [0.1, 0.15) is 36.9 Å². The molecule has 0 aliphatic carbocycles. The zero-order valence-electron chi connectivity index (χ0n) is 12.0. The summed E-state index contributed by atoms with van der Waals surface area (Å²) in [6.07, 6.45) is 0.514. The summed E-state index contributed by atoms with van der Waals surface area (Å²) in [6.45, 7) is 4.92. The first kappa shape index (κ1) is 12.9. The summed E-state index contributed by atoms with van der Waals surface area (Å²) in [7, 11) is 0. The van der Waals surface area contributed by atoms with Crippen LogP contribution in [-0.2, 0) is 9.47 Å². The van der Waals surface area contributed by atoms with Crippen LogP contribution in [0.5, 0.6) is 11.5 Å². The molecule has 0 spiro atoms. The van der Waals surface area contributed by atoms with Gasteiger partial charge in [0.25, 0.3) is 0 Å². The zero-order chi connectivity index (χ0) is 14.2. The Hall–Kier alpha value is -1.78. The van der Waals surface area contributed by atoms with E-state index in [1.807, 2.05) is 18.2 Å². The maximum Gasteiger partial charge on any atom is 0.127 e. The fraction of sp³-hybridized carbons (Fsp3) is 0.412. The van der Waals surface area contributed by atoms with Crippen LogP contribution in [-0.4, -0.2) is 38.6 Å². The van der Waals surface area contributed by atoms with E-state index in [1.54, 1.807) is 0 Å². The van der Waals surface area contributed by atoms with E-state index in [9.17, 15) is 0 Å². The number of benzene rings is 2. The third-order valence-electron chi connectivity index (χ3n) is 3.82. The van der Waals surface area contributed by atoms with E-state index in [0.717, 1.165) is 35.5 Å². The van der Waals surface area contributed by atoms with Gasteiger partial charge < -0.3 is 18.9 Å². The van der Waals surface area contributed by atoms with E-state index >= 15 is 0 Å². The lowest BCUT2D eigenvalue weighted by Crippen LogP contribution is -2.06. The van der Waals surface area contributed by atoms with Crippen LogP contribution in [0.2, 0.25) is 0 Å². The number of hydrogen-bond donors (Lipinski definition) is 0. The fourth-order valence-corrected chi connectivity index (χ4v) is 2.46. The average molecular weight is 286 g/mol. The number of rotatable bonds is 6. The average Bonchev–Trinajstić information content (AvgIpc) is 3.38. The van der Waals surface area contributed by atoms with Gasteiger partial charge in [-0.15, -0.1) is 0 Å². The Balaban J connectivity index is 1.67. The van der Waals surface area contributed by atoms with Gasteiger partial charge >= 0.3 is 0 Å². The lowest BCUT2D eigenvalue weighted by molar-refractivity contribution is 0.261. The SMILES string of the molecule is Cc1cccc2c(OCC3CO3)ccc(OCC3CO3)c12. The molecule has 2 atom stereocenters. The second-order valence-electron chi connectivity index (χ2n) is 5.59. The molecule has 4 nitrogen and oxygen atoms in total. The number of fused-ring (bicyclic) bond motifs is 1. The van der Waals surface area contributed by atoms with Crippen LogP contribution in [0.3, 0.4) is 0 Å². The topological polar surface area (TPSA) is 43.5 Å². The summed E-state index contributed by atoms with van der Waals surface area (Å²) in [4.78, 5) is 0. The first-order valence-corrected chi connectivity index (χ1v) is 7.32. The van der Waals surface area contributed by atoms with Crippen LogP contribution in [0.25, 0.3) is 10.8 Å². The molecule has 110 valence electrons. The van der Waals surface area contributed by atoms with Crippen LogP contribution >= 0.6 is 0 Å². The lowest BCUT2D eigenvalue weighted by Gasteiger charge is -2.14. The summed E-state index contributed by atoms with van der Waals surface area (Å²) in [5.74, 6) is 1.79. The Morgan fingerprint density at radius 2 is 1.57 bits per heavy atom. The molecule has 2 unspecified atom stereocenters. The van der Waals surface area contributed by atoms with Gasteiger partial charge in [-0.1, -0.05) is 18.2 Å². The molecule has 2 heterocycles. The third-order valence-corrected chi connectivity index (χ3v) is 3.82. The molecule has 4 rings (SSSR count). The molecule has 0 amide bonds. The van der Waals surface area contributed by atoms with E-state index in [2.05, 4.69) is 19.1 Å². The standard InChI is InChI=1S/C17H18O4/c1-11-3-2-4-14-15(20-9-12-7-18-12)5-6-16(17(11)14)21-10-13-8-19-13/h2-6,12-13H,7-10H2,1H3. The van der Waals surface area contributed by atoms with E-state index in [-0.39, 0.29) is 12.2 Å². The highest BCUT2D eigenvalue weighted by atomic mass is 16.6.